The second kappa shape index (κ2) is 6.56. The van der Waals surface area contributed by atoms with Gasteiger partial charge in [-0.15, -0.1) is 0 Å². The normalized spacial score (nSPS) is 12.7. The lowest BCUT2D eigenvalue weighted by atomic mass is 9.87. The Balaban J connectivity index is 2.52. The van der Waals surface area contributed by atoms with E-state index in [9.17, 15) is 8.42 Å². The van der Waals surface area contributed by atoms with E-state index in [-0.39, 0.29) is 12.0 Å². The van der Waals surface area contributed by atoms with Gasteiger partial charge < -0.3 is 4.74 Å². The van der Waals surface area contributed by atoms with E-state index < -0.39 is 10.2 Å². The summed E-state index contributed by atoms with van der Waals surface area (Å²) in [6.07, 6.45) is 0. The number of rotatable bonds is 6. The Morgan fingerprint density at radius 1 is 1.25 bits per heavy atom. The Morgan fingerprint density at radius 2 is 1.90 bits per heavy atom. The summed E-state index contributed by atoms with van der Waals surface area (Å²) in [5.41, 5.74) is 1.25. The maximum Gasteiger partial charge on any atom is 0.279 e. The molecule has 0 saturated carbocycles. The van der Waals surface area contributed by atoms with Crippen LogP contribution in [0.4, 0.5) is 0 Å². The average Bonchev–Trinajstić information content (AvgIpc) is 2.34. The molecule has 0 fully saturated rings. The van der Waals surface area contributed by atoms with E-state index in [1.807, 2.05) is 18.2 Å². The molecule has 114 valence electrons. The minimum atomic E-state index is -3.38. The number of ether oxygens (including phenoxy) is 1. The van der Waals surface area contributed by atoms with Gasteiger partial charge in [0, 0.05) is 20.6 Å². The lowest BCUT2D eigenvalue weighted by Gasteiger charge is -2.20. The predicted molar refractivity (Wildman–Crippen MR) is 81.2 cm³/mol. The molecule has 5 nitrogen and oxygen atoms in total. The van der Waals surface area contributed by atoms with Crippen LogP contribution in [0.3, 0.4) is 0 Å². The highest BCUT2D eigenvalue weighted by atomic mass is 32.2. The van der Waals surface area contributed by atoms with Crippen LogP contribution in [0.15, 0.2) is 24.3 Å². The molecular weight excluding hydrogens is 276 g/mol. The van der Waals surface area contributed by atoms with E-state index in [0.717, 1.165) is 10.1 Å². The zero-order valence-corrected chi connectivity index (χ0v) is 13.6. The van der Waals surface area contributed by atoms with Gasteiger partial charge in [0.2, 0.25) is 0 Å². The van der Waals surface area contributed by atoms with E-state index >= 15 is 0 Å². The molecule has 1 N–H and O–H groups in total. The maximum absolute atomic E-state index is 11.5. The standard InChI is InChI=1S/C14H24N2O3S/c1-14(2,3)12-7-6-8-13(11-12)19-10-9-15-20(17,18)16(4)5/h6-8,11,15H,9-10H2,1-5H3. The molecule has 0 aliphatic rings. The highest BCUT2D eigenvalue weighted by molar-refractivity contribution is 7.87. The molecule has 0 aliphatic carbocycles. The SMILES string of the molecule is CN(C)S(=O)(=O)NCCOc1cccc(C(C)(C)C)c1. The molecule has 0 saturated heterocycles. The van der Waals surface area contributed by atoms with Crippen molar-refractivity contribution in [2.75, 3.05) is 27.2 Å². The van der Waals surface area contributed by atoms with Gasteiger partial charge in [-0.3, -0.25) is 0 Å². The van der Waals surface area contributed by atoms with E-state index in [0.29, 0.717) is 6.61 Å². The Bertz CT molecular complexity index is 534. The van der Waals surface area contributed by atoms with Gasteiger partial charge >= 0.3 is 0 Å². The maximum atomic E-state index is 11.5. The smallest absolute Gasteiger partial charge is 0.279 e. The molecule has 0 amide bonds. The van der Waals surface area contributed by atoms with Gasteiger partial charge in [-0.2, -0.15) is 17.4 Å². The quantitative estimate of drug-likeness (QED) is 0.814. The van der Waals surface area contributed by atoms with Crippen molar-refractivity contribution >= 4 is 10.2 Å². The predicted octanol–water partition coefficient (Wildman–Crippen LogP) is 1.76. The summed E-state index contributed by atoms with van der Waals surface area (Å²) in [5, 5.41) is 0. The van der Waals surface area contributed by atoms with Crippen molar-refractivity contribution in [1.82, 2.24) is 9.03 Å². The minimum Gasteiger partial charge on any atom is -0.492 e. The summed E-state index contributed by atoms with van der Waals surface area (Å²) in [4.78, 5) is 0. The van der Waals surface area contributed by atoms with Crippen LogP contribution >= 0.6 is 0 Å². The molecule has 1 aromatic carbocycles. The summed E-state index contributed by atoms with van der Waals surface area (Å²) < 4.78 is 32.1. The van der Waals surface area contributed by atoms with E-state index in [1.54, 1.807) is 0 Å². The molecule has 0 aliphatic heterocycles. The fourth-order valence-corrected chi connectivity index (χ4v) is 2.12. The van der Waals surface area contributed by atoms with Crippen molar-refractivity contribution in [2.24, 2.45) is 0 Å². The van der Waals surface area contributed by atoms with Crippen LogP contribution < -0.4 is 9.46 Å². The van der Waals surface area contributed by atoms with Crippen LogP contribution in [0.1, 0.15) is 26.3 Å². The summed E-state index contributed by atoms with van der Waals surface area (Å²) in [6.45, 7) is 6.94. The first-order chi connectivity index (χ1) is 9.13. The number of nitrogens with one attached hydrogen (secondary N) is 1. The van der Waals surface area contributed by atoms with E-state index in [2.05, 4.69) is 31.6 Å². The zero-order chi connectivity index (χ0) is 15.4. The molecule has 0 atom stereocenters. The third-order valence-electron chi connectivity index (χ3n) is 2.84. The van der Waals surface area contributed by atoms with E-state index in [4.69, 9.17) is 4.74 Å². The van der Waals surface area contributed by atoms with Crippen LogP contribution in [0.5, 0.6) is 5.75 Å². The molecule has 0 unspecified atom stereocenters. The average molecular weight is 300 g/mol. The zero-order valence-electron chi connectivity index (χ0n) is 12.8. The van der Waals surface area contributed by atoms with Crippen LogP contribution in [0.2, 0.25) is 0 Å². The molecule has 0 spiro atoms. The Labute approximate surface area is 122 Å². The largest absolute Gasteiger partial charge is 0.492 e. The molecule has 6 heteroatoms. The number of hydrogen-bond donors (Lipinski definition) is 1. The highest BCUT2D eigenvalue weighted by Crippen LogP contribution is 2.25. The molecule has 1 aromatic rings. The van der Waals surface area contributed by atoms with Gasteiger partial charge in [0.25, 0.3) is 10.2 Å². The third kappa shape index (κ3) is 5.11. The second-order valence-electron chi connectivity index (χ2n) is 5.81. The monoisotopic (exact) mass is 300 g/mol. The minimum absolute atomic E-state index is 0.0614. The lowest BCUT2D eigenvalue weighted by Crippen LogP contribution is -2.37. The molecule has 0 bridgehead atoms. The first-order valence-corrected chi connectivity index (χ1v) is 7.97. The highest BCUT2D eigenvalue weighted by Gasteiger charge is 2.14. The Morgan fingerprint density at radius 3 is 2.45 bits per heavy atom. The van der Waals surface area contributed by atoms with Crippen molar-refractivity contribution in [3.05, 3.63) is 29.8 Å². The van der Waals surface area contributed by atoms with Gasteiger partial charge in [0.1, 0.15) is 12.4 Å². The molecule has 1 rings (SSSR count). The van der Waals surface area contributed by atoms with Gasteiger partial charge in [-0.05, 0) is 23.1 Å². The first-order valence-electron chi connectivity index (χ1n) is 6.53. The van der Waals surface area contributed by atoms with Gasteiger partial charge in [-0.25, -0.2) is 0 Å². The van der Waals surface area contributed by atoms with Crippen molar-refractivity contribution in [1.29, 1.82) is 0 Å². The third-order valence-corrected chi connectivity index (χ3v) is 4.37. The summed E-state index contributed by atoms with van der Waals surface area (Å²) in [6, 6.07) is 7.86. The van der Waals surface area contributed by atoms with Crippen LogP contribution in [0, 0.1) is 0 Å². The van der Waals surface area contributed by atoms with Gasteiger partial charge in [0.15, 0.2) is 0 Å². The van der Waals surface area contributed by atoms with Crippen molar-refractivity contribution in [3.63, 3.8) is 0 Å². The molecule has 0 aromatic heterocycles. The van der Waals surface area contributed by atoms with Crippen molar-refractivity contribution in [2.45, 2.75) is 26.2 Å². The summed E-state index contributed by atoms with van der Waals surface area (Å²) in [7, 11) is -0.416. The van der Waals surface area contributed by atoms with Crippen molar-refractivity contribution < 1.29 is 13.2 Å². The summed E-state index contributed by atoms with van der Waals surface area (Å²) >= 11 is 0. The topological polar surface area (TPSA) is 58.6 Å². The van der Waals surface area contributed by atoms with Crippen LogP contribution in [0.25, 0.3) is 0 Å². The number of nitrogens with zero attached hydrogens (tertiary/aromatic N) is 1. The molecular formula is C14H24N2O3S. The van der Waals surface area contributed by atoms with Crippen LogP contribution in [-0.4, -0.2) is 40.0 Å². The van der Waals surface area contributed by atoms with Crippen LogP contribution in [-0.2, 0) is 15.6 Å². The number of hydrogen-bond acceptors (Lipinski definition) is 3. The first kappa shape index (κ1) is 16.9. The second-order valence-corrected chi connectivity index (χ2v) is 7.78. The fourth-order valence-electron chi connectivity index (χ4n) is 1.52. The Kier molecular flexibility index (Phi) is 5.56. The Hall–Kier alpha value is -1.11. The molecule has 0 heterocycles. The number of benzene rings is 1. The summed E-state index contributed by atoms with van der Waals surface area (Å²) in [5.74, 6) is 0.751. The molecule has 0 radical (unpaired) electrons. The molecule has 20 heavy (non-hydrogen) atoms. The van der Waals surface area contributed by atoms with Gasteiger partial charge in [-0.1, -0.05) is 32.9 Å². The van der Waals surface area contributed by atoms with Gasteiger partial charge in [0.05, 0.1) is 0 Å². The lowest BCUT2D eigenvalue weighted by molar-refractivity contribution is 0.320. The van der Waals surface area contributed by atoms with Crippen molar-refractivity contribution in [3.8, 4) is 5.75 Å². The van der Waals surface area contributed by atoms with E-state index in [1.165, 1.54) is 19.7 Å². The fraction of sp³-hybridized carbons (Fsp3) is 0.571.